The van der Waals surface area contributed by atoms with Crippen molar-refractivity contribution in [1.29, 1.82) is 0 Å². The number of benzene rings is 2. The standard InChI is InChI=1S/C23H22FN3O5/c1-15(28)17-5-9-20(21(13-17)31-2)32-14-22(29)25-11-12-27-23(30)10-8-19(26-27)16-3-6-18(24)7-4-16/h3-10,13H,11-12,14H2,1-2H3,(H,25,29). The minimum Gasteiger partial charge on any atom is -0.493 e. The average molecular weight is 439 g/mol. The Kier molecular flexibility index (Phi) is 7.33. The number of Topliss-reactive ketones (excluding diaryl/α,β-unsaturated/α-hetero) is 1. The molecule has 0 bridgehead atoms. The van der Waals surface area contributed by atoms with Crippen molar-refractivity contribution in [1.82, 2.24) is 15.1 Å². The molecule has 1 heterocycles. The highest BCUT2D eigenvalue weighted by atomic mass is 19.1. The van der Waals surface area contributed by atoms with E-state index in [0.717, 1.165) is 0 Å². The summed E-state index contributed by atoms with van der Waals surface area (Å²) < 4.78 is 25.0. The number of halogens is 1. The van der Waals surface area contributed by atoms with Crippen LogP contribution in [-0.2, 0) is 11.3 Å². The third-order valence-corrected chi connectivity index (χ3v) is 4.58. The first-order chi connectivity index (χ1) is 15.4. The third kappa shape index (κ3) is 5.78. The summed E-state index contributed by atoms with van der Waals surface area (Å²) in [6, 6.07) is 13.4. The van der Waals surface area contributed by atoms with E-state index in [2.05, 4.69) is 10.4 Å². The van der Waals surface area contributed by atoms with Crippen LogP contribution in [0, 0.1) is 5.82 Å². The number of aromatic nitrogens is 2. The molecule has 3 rings (SSSR count). The first-order valence-electron chi connectivity index (χ1n) is 9.80. The van der Waals surface area contributed by atoms with Crippen LogP contribution in [0.4, 0.5) is 4.39 Å². The molecule has 0 aliphatic rings. The summed E-state index contributed by atoms with van der Waals surface area (Å²) in [5.41, 5.74) is 1.33. The zero-order chi connectivity index (χ0) is 23.1. The molecular formula is C23H22FN3O5. The first-order valence-corrected chi connectivity index (χ1v) is 9.80. The normalized spacial score (nSPS) is 10.5. The predicted octanol–water partition coefficient (Wildman–Crippen LogP) is 2.46. The molecule has 0 radical (unpaired) electrons. The maximum atomic E-state index is 13.1. The van der Waals surface area contributed by atoms with Gasteiger partial charge in [0.15, 0.2) is 23.9 Å². The van der Waals surface area contributed by atoms with Crippen molar-refractivity contribution >= 4 is 11.7 Å². The van der Waals surface area contributed by atoms with Gasteiger partial charge in [-0.1, -0.05) is 0 Å². The lowest BCUT2D eigenvalue weighted by molar-refractivity contribution is -0.123. The molecule has 0 aliphatic heterocycles. The Balaban J connectivity index is 1.55. The van der Waals surface area contributed by atoms with Crippen molar-refractivity contribution in [3.63, 3.8) is 0 Å². The van der Waals surface area contributed by atoms with Gasteiger partial charge in [0.2, 0.25) is 0 Å². The third-order valence-electron chi connectivity index (χ3n) is 4.58. The van der Waals surface area contributed by atoms with Crippen LogP contribution in [0.5, 0.6) is 11.5 Å². The molecule has 0 unspecified atom stereocenters. The summed E-state index contributed by atoms with van der Waals surface area (Å²) in [7, 11) is 1.44. The van der Waals surface area contributed by atoms with Crippen molar-refractivity contribution in [3.05, 3.63) is 76.3 Å². The molecule has 0 saturated carbocycles. The number of rotatable bonds is 9. The van der Waals surface area contributed by atoms with Crippen molar-refractivity contribution in [2.75, 3.05) is 20.3 Å². The van der Waals surface area contributed by atoms with Crippen LogP contribution >= 0.6 is 0 Å². The van der Waals surface area contributed by atoms with E-state index >= 15 is 0 Å². The fourth-order valence-electron chi connectivity index (χ4n) is 2.89. The van der Waals surface area contributed by atoms with Gasteiger partial charge in [0.25, 0.3) is 11.5 Å². The van der Waals surface area contributed by atoms with Gasteiger partial charge >= 0.3 is 0 Å². The molecule has 0 aliphatic carbocycles. The highest BCUT2D eigenvalue weighted by Gasteiger charge is 2.11. The minimum absolute atomic E-state index is 0.111. The Morgan fingerprint density at radius 2 is 1.81 bits per heavy atom. The highest BCUT2D eigenvalue weighted by molar-refractivity contribution is 5.94. The van der Waals surface area contributed by atoms with Gasteiger partial charge in [-0.25, -0.2) is 9.07 Å². The number of methoxy groups -OCH3 is 1. The quantitative estimate of drug-likeness (QED) is 0.514. The second-order valence-corrected chi connectivity index (χ2v) is 6.85. The Bertz CT molecular complexity index is 1170. The molecule has 8 nitrogen and oxygen atoms in total. The van der Waals surface area contributed by atoms with Crippen LogP contribution < -0.4 is 20.3 Å². The summed E-state index contributed by atoms with van der Waals surface area (Å²) in [5, 5.41) is 6.92. The summed E-state index contributed by atoms with van der Waals surface area (Å²) in [6.45, 7) is 1.48. The molecule has 1 amide bonds. The van der Waals surface area contributed by atoms with Crippen molar-refractivity contribution < 1.29 is 23.5 Å². The lowest BCUT2D eigenvalue weighted by Gasteiger charge is -2.12. The van der Waals surface area contributed by atoms with E-state index in [4.69, 9.17) is 9.47 Å². The zero-order valence-electron chi connectivity index (χ0n) is 17.6. The van der Waals surface area contributed by atoms with E-state index < -0.39 is 5.91 Å². The summed E-state index contributed by atoms with van der Waals surface area (Å²) in [5.74, 6) is -0.193. The first kappa shape index (κ1) is 22.7. The van der Waals surface area contributed by atoms with Crippen LogP contribution in [0.15, 0.2) is 59.4 Å². The van der Waals surface area contributed by atoms with Crippen molar-refractivity contribution in [2.24, 2.45) is 0 Å². The number of ketones is 1. The molecule has 166 valence electrons. The fraction of sp³-hybridized carbons (Fsp3) is 0.217. The van der Waals surface area contributed by atoms with E-state index in [9.17, 15) is 18.8 Å². The minimum atomic E-state index is -0.398. The number of hydrogen-bond acceptors (Lipinski definition) is 6. The van der Waals surface area contributed by atoms with Crippen LogP contribution in [-0.4, -0.2) is 41.7 Å². The highest BCUT2D eigenvalue weighted by Crippen LogP contribution is 2.28. The Morgan fingerprint density at radius 3 is 2.50 bits per heavy atom. The Hall–Kier alpha value is -4.01. The summed E-state index contributed by atoms with van der Waals surface area (Å²) >= 11 is 0. The zero-order valence-corrected chi connectivity index (χ0v) is 17.6. The number of nitrogens with one attached hydrogen (secondary N) is 1. The number of carbonyl (C=O) groups is 2. The molecule has 0 saturated heterocycles. The van der Waals surface area contributed by atoms with Crippen molar-refractivity contribution in [3.8, 4) is 22.8 Å². The number of hydrogen-bond donors (Lipinski definition) is 1. The van der Waals surface area contributed by atoms with Crippen molar-refractivity contribution in [2.45, 2.75) is 13.5 Å². The number of nitrogens with zero attached hydrogens (tertiary/aromatic N) is 2. The van der Waals surface area contributed by atoms with Crippen LogP contribution in [0.25, 0.3) is 11.3 Å². The number of amides is 1. The lowest BCUT2D eigenvalue weighted by atomic mass is 10.1. The fourth-order valence-corrected chi connectivity index (χ4v) is 2.89. The van der Waals surface area contributed by atoms with Crippen LogP contribution in [0.1, 0.15) is 17.3 Å². The molecule has 2 aromatic carbocycles. The van der Waals surface area contributed by atoms with Crippen LogP contribution in [0.3, 0.4) is 0 Å². The SMILES string of the molecule is COc1cc(C(C)=O)ccc1OCC(=O)NCCn1nc(-c2ccc(F)cc2)ccc1=O. The smallest absolute Gasteiger partial charge is 0.266 e. The lowest BCUT2D eigenvalue weighted by Crippen LogP contribution is -2.34. The maximum Gasteiger partial charge on any atom is 0.266 e. The molecular weight excluding hydrogens is 417 g/mol. The number of ether oxygens (including phenoxy) is 2. The molecule has 0 atom stereocenters. The number of carbonyl (C=O) groups excluding carboxylic acids is 2. The summed E-state index contributed by atoms with van der Waals surface area (Å²) in [4.78, 5) is 35.6. The van der Waals surface area contributed by atoms with Gasteiger partial charge in [-0.2, -0.15) is 5.10 Å². The van der Waals surface area contributed by atoms with Crippen LogP contribution in [0.2, 0.25) is 0 Å². The van der Waals surface area contributed by atoms with E-state index in [-0.39, 0.29) is 36.9 Å². The Labute approximate surface area is 183 Å². The van der Waals surface area contributed by atoms with Gasteiger partial charge in [-0.15, -0.1) is 0 Å². The molecule has 1 N–H and O–H groups in total. The Morgan fingerprint density at radius 1 is 1.06 bits per heavy atom. The van der Waals surface area contributed by atoms with Gasteiger partial charge < -0.3 is 14.8 Å². The van der Waals surface area contributed by atoms with Gasteiger partial charge in [0.1, 0.15) is 5.82 Å². The van der Waals surface area contributed by atoms with Gasteiger partial charge in [0, 0.05) is 23.7 Å². The second-order valence-electron chi connectivity index (χ2n) is 6.85. The van der Waals surface area contributed by atoms with E-state index in [0.29, 0.717) is 28.3 Å². The van der Waals surface area contributed by atoms with Gasteiger partial charge in [-0.3, -0.25) is 14.4 Å². The topological polar surface area (TPSA) is 99.5 Å². The maximum absolute atomic E-state index is 13.1. The van der Waals surface area contributed by atoms with Gasteiger partial charge in [0.05, 0.1) is 19.3 Å². The summed E-state index contributed by atoms with van der Waals surface area (Å²) in [6.07, 6.45) is 0. The average Bonchev–Trinajstić information content (AvgIpc) is 2.79. The largest absolute Gasteiger partial charge is 0.493 e. The monoisotopic (exact) mass is 439 g/mol. The molecule has 32 heavy (non-hydrogen) atoms. The van der Waals surface area contributed by atoms with E-state index in [1.807, 2.05) is 0 Å². The molecule has 1 aromatic heterocycles. The van der Waals surface area contributed by atoms with E-state index in [1.165, 1.54) is 36.9 Å². The molecule has 0 spiro atoms. The van der Waals surface area contributed by atoms with Gasteiger partial charge in [-0.05, 0) is 55.5 Å². The predicted molar refractivity (Wildman–Crippen MR) is 115 cm³/mol. The second kappa shape index (κ2) is 10.3. The molecule has 3 aromatic rings. The van der Waals surface area contributed by atoms with E-state index in [1.54, 1.807) is 36.4 Å². The molecule has 9 heteroatoms. The molecule has 0 fully saturated rings.